The van der Waals surface area contributed by atoms with Crippen LogP contribution in [0, 0.1) is 0 Å². The van der Waals surface area contributed by atoms with Crippen molar-refractivity contribution in [3.8, 4) is 11.5 Å². The summed E-state index contributed by atoms with van der Waals surface area (Å²) in [5, 5.41) is 12.6. The van der Waals surface area contributed by atoms with Crippen LogP contribution in [0.5, 0.6) is 11.5 Å². The topological polar surface area (TPSA) is 75.9 Å². The van der Waals surface area contributed by atoms with E-state index in [2.05, 4.69) is 0 Å². The van der Waals surface area contributed by atoms with E-state index < -0.39 is 5.97 Å². The molecule has 2 aliphatic rings. The lowest BCUT2D eigenvalue weighted by molar-refractivity contribution is -0.887. The van der Waals surface area contributed by atoms with Crippen LogP contribution >= 0.6 is 0 Å². The number of benzene rings is 2. The highest BCUT2D eigenvalue weighted by Crippen LogP contribution is 2.34. The molecule has 0 amide bonds. The quantitative estimate of drug-likeness (QED) is 0.721. The number of aromatic nitrogens is 1. The third kappa shape index (κ3) is 2.70. The fraction of sp³-hybridized carbons (Fsp3) is 0.182. The van der Waals surface area contributed by atoms with Gasteiger partial charge in [-0.05, 0) is 29.8 Å². The highest BCUT2D eigenvalue weighted by molar-refractivity contribution is 6.05. The molecule has 28 heavy (non-hydrogen) atoms. The lowest BCUT2D eigenvalue weighted by Gasteiger charge is -2.27. The number of rotatable bonds is 2. The van der Waals surface area contributed by atoms with Crippen molar-refractivity contribution >= 4 is 28.5 Å². The third-order valence-electron chi connectivity index (χ3n) is 5.21. The highest BCUT2D eigenvalue weighted by atomic mass is 16.7. The summed E-state index contributed by atoms with van der Waals surface area (Å²) in [6, 6.07) is 13.1. The number of pyridine rings is 1. The molecule has 0 aliphatic carbocycles. The first-order valence-corrected chi connectivity index (χ1v) is 9.15. The fourth-order valence-corrected chi connectivity index (χ4v) is 4.02. The molecule has 0 radical (unpaired) electrons. The standard InChI is InChI=1S/C22H18N2O4/c1-24-10-14(8-13-6-7-18-19(9-13)28-12-27-18)21-16(11-24)20(22(25)26)15-4-2-3-5-17(15)23-21/h2-9H,10-12H2,1H3,(H,25,26)/b14-8-. The van der Waals surface area contributed by atoms with Crippen molar-refractivity contribution < 1.29 is 24.3 Å². The van der Waals surface area contributed by atoms with E-state index in [1.165, 1.54) is 4.90 Å². The molecule has 0 spiro atoms. The van der Waals surface area contributed by atoms with Gasteiger partial charge >= 0.3 is 0 Å². The second kappa shape index (κ2) is 6.35. The van der Waals surface area contributed by atoms with Crippen LogP contribution in [0.1, 0.15) is 27.2 Å². The summed E-state index contributed by atoms with van der Waals surface area (Å²) in [4.78, 5) is 18.0. The van der Waals surface area contributed by atoms with Gasteiger partial charge < -0.3 is 24.3 Å². The number of aromatic carboxylic acids is 1. The maximum atomic E-state index is 12.0. The summed E-state index contributed by atoms with van der Waals surface area (Å²) in [5.41, 5.74) is 4.33. The molecule has 0 saturated heterocycles. The summed E-state index contributed by atoms with van der Waals surface area (Å²) >= 11 is 0. The van der Waals surface area contributed by atoms with Crippen molar-refractivity contribution in [2.24, 2.45) is 0 Å². The Morgan fingerprint density at radius 1 is 1.14 bits per heavy atom. The van der Waals surface area contributed by atoms with Gasteiger partial charge in [0.15, 0.2) is 11.5 Å². The van der Waals surface area contributed by atoms with Gasteiger partial charge in [-0.3, -0.25) is 0 Å². The first kappa shape index (κ1) is 16.8. The molecule has 6 heteroatoms. The Kier molecular flexibility index (Phi) is 3.80. The molecular weight excluding hydrogens is 356 g/mol. The summed E-state index contributed by atoms with van der Waals surface area (Å²) in [6.45, 7) is 1.57. The first-order valence-electron chi connectivity index (χ1n) is 9.15. The Bertz CT molecular complexity index is 1150. The summed E-state index contributed by atoms with van der Waals surface area (Å²) in [5.74, 6) is 0.289. The summed E-state index contributed by atoms with van der Waals surface area (Å²) < 4.78 is 10.8. The lowest BCUT2D eigenvalue weighted by atomic mass is 9.92. The molecule has 6 nitrogen and oxygen atoms in total. The van der Waals surface area contributed by atoms with Gasteiger partial charge in [0.05, 0.1) is 24.2 Å². The van der Waals surface area contributed by atoms with Gasteiger partial charge in [0.2, 0.25) is 6.79 Å². The van der Waals surface area contributed by atoms with E-state index in [4.69, 9.17) is 14.5 Å². The average Bonchev–Trinajstić information content (AvgIpc) is 3.14. The van der Waals surface area contributed by atoms with Gasteiger partial charge in [-0.1, -0.05) is 24.3 Å². The van der Waals surface area contributed by atoms with Crippen LogP contribution in [0.2, 0.25) is 0 Å². The zero-order valence-corrected chi connectivity index (χ0v) is 15.3. The highest BCUT2D eigenvalue weighted by Gasteiger charge is 2.27. The Balaban J connectivity index is 1.71. The van der Waals surface area contributed by atoms with Crippen LogP contribution < -0.4 is 19.5 Å². The number of carbonyl (C=O) groups is 1. The normalized spacial score (nSPS) is 19.0. The van der Waals surface area contributed by atoms with Crippen LogP contribution in [-0.2, 0) is 6.54 Å². The Morgan fingerprint density at radius 3 is 2.82 bits per heavy atom. The average molecular weight is 374 g/mol. The number of nitrogens with zero attached hydrogens (tertiary/aromatic N) is 1. The van der Waals surface area contributed by atoms with Crippen molar-refractivity contribution in [1.82, 2.24) is 4.98 Å². The van der Waals surface area contributed by atoms with Gasteiger partial charge in [0.1, 0.15) is 13.1 Å². The van der Waals surface area contributed by atoms with Crippen molar-refractivity contribution in [2.45, 2.75) is 6.54 Å². The number of ether oxygens (including phenoxy) is 2. The number of carboxylic acids is 1. The molecule has 3 aromatic rings. The Morgan fingerprint density at radius 2 is 1.96 bits per heavy atom. The zero-order chi connectivity index (χ0) is 19.3. The molecule has 1 unspecified atom stereocenters. The minimum absolute atomic E-state index is 0.230. The number of para-hydroxylation sites is 1. The van der Waals surface area contributed by atoms with Gasteiger partial charge in [-0.2, -0.15) is 0 Å². The number of hydrogen-bond donors (Lipinski definition) is 1. The van der Waals surface area contributed by atoms with Crippen LogP contribution in [0.3, 0.4) is 0 Å². The van der Waals surface area contributed by atoms with E-state index in [0.717, 1.165) is 34.7 Å². The molecule has 1 N–H and O–H groups in total. The number of carbonyl (C=O) groups excluding carboxylic acids is 1. The molecule has 1 atom stereocenters. The lowest BCUT2D eigenvalue weighted by Crippen LogP contribution is -3.08. The maximum Gasteiger partial charge on any atom is 0.231 e. The van der Waals surface area contributed by atoms with Gasteiger partial charge in [0.25, 0.3) is 0 Å². The molecule has 0 saturated carbocycles. The number of hydrogen-bond acceptors (Lipinski definition) is 5. The molecule has 1 aromatic heterocycles. The Labute approximate surface area is 161 Å². The molecule has 2 aromatic carbocycles. The molecule has 3 heterocycles. The predicted octanol–water partition coefficient (Wildman–Crippen LogP) is 0.896. The number of nitrogens with one attached hydrogen (secondary N) is 1. The van der Waals surface area contributed by atoms with E-state index in [1.54, 1.807) is 6.07 Å². The first-order chi connectivity index (χ1) is 13.6. The second-order valence-electron chi connectivity index (χ2n) is 7.21. The Hall–Kier alpha value is -3.38. The van der Waals surface area contributed by atoms with Crippen molar-refractivity contribution in [3.05, 3.63) is 64.8 Å². The van der Waals surface area contributed by atoms with E-state index in [1.807, 2.05) is 49.5 Å². The molecule has 0 bridgehead atoms. The van der Waals surface area contributed by atoms with Gasteiger partial charge in [0, 0.05) is 22.1 Å². The maximum absolute atomic E-state index is 12.0. The number of quaternary nitrogens is 1. The fourth-order valence-electron chi connectivity index (χ4n) is 4.02. The molecule has 140 valence electrons. The van der Waals surface area contributed by atoms with Crippen LogP contribution in [-0.4, -0.2) is 31.3 Å². The minimum Gasteiger partial charge on any atom is -0.545 e. The molecular formula is C22H18N2O4. The SMILES string of the molecule is C[NH+]1C/C(=C/c2ccc3c(c2)OCO3)c2nc3ccccc3c(C(=O)[O-])c2C1. The van der Waals surface area contributed by atoms with Crippen molar-refractivity contribution in [1.29, 1.82) is 0 Å². The molecule has 5 rings (SSSR count). The van der Waals surface area contributed by atoms with Crippen LogP contribution in [0.15, 0.2) is 42.5 Å². The van der Waals surface area contributed by atoms with E-state index in [-0.39, 0.29) is 12.4 Å². The number of carboxylic acid groups (broad SMARTS) is 1. The van der Waals surface area contributed by atoms with Gasteiger partial charge in [-0.25, -0.2) is 4.98 Å². The second-order valence-corrected chi connectivity index (χ2v) is 7.21. The van der Waals surface area contributed by atoms with Crippen molar-refractivity contribution in [3.63, 3.8) is 0 Å². The minimum atomic E-state index is -1.16. The van der Waals surface area contributed by atoms with E-state index in [9.17, 15) is 9.90 Å². The zero-order valence-electron chi connectivity index (χ0n) is 15.3. The van der Waals surface area contributed by atoms with E-state index in [0.29, 0.717) is 23.2 Å². The predicted molar refractivity (Wildman–Crippen MR) is 102 cm³/mol. The van der Waals surface area contributed by atoms with Crippen molar-refractivity contribution in [2.75, 3.05) is 20.4 Å². The smallest absolute Gasteiger partial charge is 0.231 e. The van der Waals surface area contributed by atoms with Gasteiger partial charge in [-0.15, -0.1) is 0 Å². The monoisotopic (exact) mass is 374 g/mol. The third-order valence-corrected chi connectivity index (χ3v) is 5.21. The number of likely N-dealkylation sites (N-methyl/N-ethyl adjacent to an activating group) is 1. The van der Waals surface area contributed by atoms with Crippen LogP contribution in [0.25, 0.3) is 22.6 Å². The largest absolute Gasteiger partial charge is 0.545 e. The molecule has 2 aliphatic heterocycles. The van der Waals surface area contributed by atoms with E-state index >= 15 is 0 Å². The summed E-state index contributed by atoms with van der Waals surface area (Å²) in [7, 11) is 2.05. The number of fused-ring (bicyclic) bond motifs is 3. The summed E-state index contributed by atoms with van der Waals surface area (Å²) in [6.07, 6.45) is 2.05. The van der Waals surface area contributed by atoms with Crippen LogP contribution in [0.4, 0.5) is 0 Å². The molecule has 0 fully saturated rings.